The minimum Gasteiger partial charge on any atom is -0.352 e. The Hall–Kier alpha value is -2.40. The second-order valence-corrected chi connectivity index (χ2v) is 5.97. The Balaban J connectivity index is 1.93. The van der Waals surface area contributed by atoms with Gasteiger partial charge in [-0.25, -0.2) is 4.98 Å². The van der Waals surface area contributed by atoms with Gasteiger partial charge in [0.1, 0.15) is 10.8 Å². The third-order valence-electron chi connectivity index (χ3n) is 3.34. The maximum Gasteiger partial charge on any atom is 0.261 e. The SMILES string of the molecule is CCNC(=O)c1ccc(-n2cc(-c3ccccc3)nc2C)s1. The summed E-state index contributed by atoms with van der Waals surface area (Å²) < 4.78 is 2.02. The number of carbonyl (C=O) groups is 1. The third-order valence-corrected chi connectivity index (χ3v) is 4.43. The van der Waals surface area contributed by atoms with Gasteiger partial charge in [-0.05, 0) is 26.0 Å². The molecule has 1 N–H and O–H groups in total. The first-order valence-electron chi connectivity index (χ1n) is 7.19. The molecule has 2 heterocycles. The lowest BCUT2D eigenvalue weighted by atomic mass is 10.2. The van der Waals surface area contributed by atoms with E-state index in [4.69, 9.17) is 0 Å². The Bertz CT molecular complexity index is 789. The summed E-state index contributed by atoms with van der Waals surface area (Å²) >= 11 is 1.47. The quantitative estimate of drug-likeness (QED) is 0.799. The first-order chi connectivity index (χ1) is 10.7. The summed E-state index contributed by atoms with van der Waals surface area (Å²) in [6, 6.07) is 13.9. The third kappa shape index (κ3) is 2.80. The highest BCUT2D eigenvalue weighted by molar-refractivity contribution is 7.16. The minimum absolute atomic E-state index is 0.0280. The Kier molecular flexibility index (Phi) is 4.06. The van der Waals surface area contributed by atoms with Crippen LogP contribution in [0.2, 0.25) is 0 Å². The predicted octanol–water partition coefficient (Wildman–Crippen LogP) is 3.66. The van der Waals surface area contributed by atoms with Crippen molar-refractivity contribution in [1.29, 1.82) is 0 Å². The van der Waals surface area contributed by atoms with E-state index in [2.05, 4.69) is 10.3 Å². The van der Waals surface area contributed by atoms with E-state index in [0.29, 0.717) is 11.4 Å². The van der Waals surface area contributed by atoms with E-state index in [1.165, 1.54) is 11.3 Å². The van der Waals surface area contributed by atoms with E-state index < -0.39 is 0 Å². The van der Waals surface area contributed by atoms with Crippen LogP contribution in [0.25, 0.3) is 16.3 Å². The maximum atomic E-state index is 11.9. The molecule has 0 aliphatic heterocycles. The number of hydrogen-bond donors (Lipinski definition) is 1. The summed E-state index contributed by atoms with van der Waals surface area (Å²) in [6.07, 6.45) is 2.01. The second kappa shape index (κ2) is 6.15. The van der Waals surface area contributed by atoms with Crippen molar-refractivity contribution in [3.05, 3.63) is 59.4 Å². The molecule has 2 aromatic heterocycles. The zero-order valence-corrected chi connectivity index (χ0v) is 13.4. The fraction of sp³-hybridized carbons (Fsp3) is 0.176. The molecule has 0 fully saturated rings. The lowest BCUT2D eigenvalue weighted by Gasteiger charge is -2.00. The largest absolute Gasteiger partial charge is 0.352 e. The molecule has 0 atom stereocenters. The van der Waals surface area contributed by atoms with Crippen LogP contribution in [0.3, 0.4) is 0 Å². The summed E-state index contributed by atoms with van der Waals surface area (Å²) in [5, 5.41) is 3.81. The van der Waals surface area contributed by atoms with Gasteiger partial charge >= 0.3 is 0 Å². The van der Waals surface area contributed by atoms with E-state index in [1.54, 1.807) is 0 Å². The Morgan fingerprint density at radius 2 is 2.00 bits per heavy atom. The van der Waals surface area contributed by atoms with Gasteiger partial charge in [0.2, 0.25) is 0 Å². The van der Waals surface area contributed by atoms with Crippen molar-refractivity contribution in [2.45, 2.75) is 13.8 Å². The van der Waals surface area contributed by atoms with Gasteiger partial charge in [0.25, 0.3) is 5.91 Å². The Morgan fingerprint density at radius 1 is 1.23 bits per heavy atom. The minimum atomic E-state index is -0.0280. The van der Waals surface area contributed by atoms with Crippen LogP contribution in [0.15, 0.2) is 48.7 Å². The number of hydrogen-bond acceptors (Lipinski definition) is 3. The number of imidazole rings is 1. The summed E-state index contributed by atoms with van der Waals surface area (Å²) in [7, 11) is 0. The van der Waals surface area contributed by atoms with Gasteiger partial charge in [0.15, 0.2) is 0 Å². The fourth-order valence-corrected chi connectivity index (χ4v) is 3.22. The zero-order chi connectivity index (χ0) is 15.5. The van der Waals surface area contributed by atoms with E-state index in [9.17, 15) is 4.79 Å². The number of rotatable bonds is 4. The summed E-state index contributed by atoms with van der Waals surface area (Å²) in [6.45, 7) is 4.52. The van der Waals surface area contributed by atoms with Crippen LogP contribution in [0.1, 0.15) is 22.4 Å². The average Bonchev–Trinajstić information content (AvgIpc) is 3.15. The molecule has 0 aliphatic rings. The van der Waals surface area contributed by atoms with Crippen LogP contribution >= 0.6 is 11.3 Å². The lowest BCUT2D eigenvalue weighted by Crippen LogP contribution is -2.21. The smallest absolute Gasteiger partial charge is 0.261 e. The molecule has 4 nitrogen and oxygen atoms in total. The number of thiophene rings is 1. The molecular formula is C17H17N3OS. The van der Waals surface area contributed by atoms with Gasteiger partial charge < -0.3 is 5.32 Å². The van der Waals surface area contributed by atoms with Crippen LogP contribution in [0, 0.1) is 6.92 Å². The zero-order valence-electron chi connectivity index (χ0n) is 12.5. The maximum absolute atomic E-state index is 11.9. The van der Waals surface area contributed by atoms with E-state index in [1.807, 2.05) is 67.1 Å². The van der Waals surface area contributed by atoms with Gasteiger partial charge in [0, 0.05) is 18.3 Å². The van der Waals surface area contributed by atoms with Crippen molar-refractivity contribution in [3.63, 3.8) is 0 Å². The molecule has 1 aromatic carbocycles. The number of carbonyl (C=O) groups excluding carboxylic acids is 1. The Labute approximate surface area is 133 Å². The van der Waals surface area contributed by atoms with Crippen molar-refractivity contribution < 1.29 is 4.79 Å². The molecule has 3 rings (SSSR count). The van der Waals surface area contributed by atoms with Crippen LogP contribution in [0.5, 0.6) is 0 Å². The molecule has 0 radical (unpaired) electrons. The average molecular weight is 311 g/mol. The number of amides is 1. The first kappa shape index (κ1) is 14.5. The predicted molar refractivity (Wildman–Crippen MR) is 89.6 cm³/mol. The molecular weight excluding hydrogens is 294 g/mol. The van der Waals surface area contributed by atoms with Crippen molar-refractivity contribution >= 4 is 17.2 Å². The molecule has 3 aromatic rings. The number of aromatic nitrogens is 2. The molecule has 0 saturated carbocycles. The summed E-state index contributed by atoms with van der Waals surface area (Å²) in [5.74, 6) is 0.878. The van der Waals surface area contributed by atoms with E-state index >= 15 is 0 Å². The highest BCUT2D eigenvalue weighted by atomic mass is 32.1. The van der Waals surface area contributed by atoms with Gasteiger partial charge in [-0.1, -0.05) is 30.3 Å². The highest BCUT2D eigenvalue weighted by Crippen LogP contribution is 2.25. The molecule has 0 aliphatic carbocycles. The second-order valence-electron chi connectivity index (χ2n) is 4.91. The van der Waals surface area contributed by atoms with Gasteiger partial charge in [0.05, 0.1) is 10.6 Å². The van der Waals surface area contributed by atoms with Gasteiger partial charge in [-0.15, -0.1) is 11.3 Å². The van der Waals surface area contributed by atoms with Crippen LogP contribution < -0.4 is 5.32 Å². The van der Waals surface area contributed by atoms with Crippen molar-refractivity contribution in [1.82, 2.24) is 14.9 Å². The molecule has 0 bridgehead atoms. The van der Waals surface area contributed by atoms with Crippen LogP contribution in [0.4, 0.5) is 0 Å². The number of nitrogens with one attached hydrogen (secondary N) is 1. The fourth-order valence-electron chi connectivity index (χ4n) is 2.27. The monoisotopic (exact) mass is 311 g/mol. The summed E-state index contributed by atoms with van der Waals surface area (Å²) in [4.78, 5) is 17.2. The van der Waals surface area contributed by atoms with Crippen molar-refractivity contribution in [3.8, 4) is 16.3 Å². The molecule has 22 heavy (non-hydrogen) atoms. The highest BCUT2D eigenvalue weighted by Gasteiger charge is 2.12. The van der Waals surface area contributed by atoms with E-state index in [0.717, 1.165) is 22.1 Å². The standard InChI is InChI=1S/C17H17N3OS/c1-3-18-17(21)15-9-10-16(22-15)20-11-14(19-12(20)2)13-7-5-4-6-8-13/h4-11H,3H2,1-2H3,(H,18,21). The van der Waals surface area contributed by atoms with Crippen LogP contribution in [-0.2, 0) is 0 Å². The molecule has 0 saturated heterocycles. The number of nitrogens with zero attached hydrogens (tertiary/aromatic N) is 2. The van der Waals surface area contributed by atoms with Gasteiger partial charge in [-0.3, -0.25) is 9.36 Å². The molecule has 112 valence electrons. The topological polar surface area (TPSA) is 46.9 Å². The summed E-state index contributed by atoms with van der Waals surface area (Å²) in [5.41, 5.74) is 2.02. The van der Waals surface area contributed by atoms with Crippen LogP contribution in [-0.4, -0.2) is 22.0 Å². The van der Waals surface area contributed by atoms with E-state index in [-0.39, 0.29) is 5.91 Å². The molecule has 0 unspecified atom stereocenters. The number of benzene rings is 1. The first-order valence-corrected chi connectivity index (χ1v) is 8.00. The molecule has 1 amide bonds. The normalized spacial score (nSPS) is 10.6. The van der Waals surface area contributed by atoms with Gasteiger partial charge in [-0.2, -0.15) is 0 Å². The van der Waals surface area contributed by atoms with Crippen molar-refractivity contribution in [2.75, 3.05) is 6.54 Å². The number of aryl methyl sites for hydroxylation is 1. The van der Waals surface area contributed by atoms with Crippen molar-refractivity contribution in [2.24, 2.45) is 0 Å². The molecule has 5 heteroatoms. The lowest BCUT2D eigenvalue weighted by molar-refractivity contribution is 0.0960. The Morgan fingerprint density at radius 3 is 2.73 bits per heavy atom. The molecule has 0 spiro atoms.